The number of hydrogen-bond acceptors (Lipinski definition) is 5. The second-order valence-electron chi connectivity index (χ2n) is 8.89. The van der Waals surface area contributed by atoms with Crippen molar-refractivity contribution in [1.29, 1.82) is 0 Å². The van der Waals surface area contributed by atoms with E-state index in [4.69, 9.17) is 4.52 Å². The molecule has 0 N–H and O–H groups in total. The lowest BCUT2D eigenvalue weighted by Crippen LogP contribution is -2.40. The molecular formula is C25H34F2N4O3. The smallest absolute Gasteiger partial charge is 0.276 e. The Balaban J connectivity index is 2.04. The van der Waals surface area contributed by atoms with Gasteiger partial charge in [0.1, 0.15) is 5.76 Å². The number of aryl methyl sites for hydroxylation is 1. The van der Waals surface area contributed by atoms with Crippen molar-refractivity contribution in [2.75, 3.05) is 31.1 Å². The van der Waals surface area contributed by atoms with Crippen LogP contribution < -0.4 is 4.90 Å². The van der Waals surface area contributed by atoms with E-state index in [0.29, 0.717) is 55.4 Å². The lowest BCUT2D eigenvalue weighted by Gasteiger charge is -2.32. The minimum atomic E-state index is -1.02. The average Bonchev–Trinajstić information content (AvgIpc) is 3.29. The van der Waals surface area contributed by atoms with Gasteiger partial charge in [-0.3, -0.25) is 9.59 Å². The van der Waals surface area contributed by atoms with Gasteiger partial charge in [0.2, 0.25) is 5.91 Å². The van der Waals surface area contributed by atoms with Gasteiger partial charge in [-0.1, -0.05) is 19.0 Å². The van der Waals surface area contributed by atoms with Crippen LogP contribution in [0.15, 0.2) is 22.7 Å². The molecule has 1 aromatic carbocycles. The van der Waals surface area contributed by atoms with Crippen LogP contribution in [0, 0.1) is 11.6 Å². The maximum absolute atomic E-state index is 14.3. The van der Waals surface area contributed by atoms with Crippen molar-refractivity contribution < 1.29 is 22.9 Å². The van der Waals surface area contributed by atoms with E-state index in [9.17, 15) is 18.4 Å². The van der Waals surface area contributed by atoms with Crippen LogP contribution in [0.3, 0.4) is 0 Å². The Morgan fingerprint density at radius 3 is 2.32 bits per heavy atom. The monoisotopic (exact) mass is 476 g/mol. The molecule has 1 aliphatic rings. The molecule has 0 bridgehead atoms. The molecule has 0 fully saturated rings. The van der Waals surface area contributed by atoms with Crippen LogP contribution in [0.25, 0.3) is 0 Å². The largest absolute Gasteiger partial charge is 0.361 e. The molecule has 186 valence electrons. The number of carbonyl (C=O) groups is 2. The fourth-order valence-electron chi connectivity index (χ4n) is 4.25. The Morgan fingerprint density at radius 1 is 1.03 bits per heavy atom. The third-order valence-corrected chi connectivity index (χ3v) is 6.22. The van der Waals surface area contributed by atoms with E-state index in [1.54, 1.807) is 17.9 Å². The van der Waals surface area contributed by atoms with Crippen molar-refractivity contribution in [3.8, 4) is 0 Å². The summed E-state index contributed by atoms with van der Waals surface area (Å²) in [4.78, 5) is 31.6. The maximum atomic E-state index is 14.3. The molecule has 0 atom stereocenters. The zero-order valence-corrected chi connectivity index (χ0v) is 20.4. The van der Waals surface area contributed by atoms with E-state index < -0.39 is 11.6 Å². The first-order chi connectivity index (χ1) is 16.2. The van der Waals surface area contributed by atoms with Crippen LogP contribution in [-0.2, 0) is 17.8 Å². The van der Waals surface area contributed by atoms with Gasteiger partial charge in [0.15, 0.2) is 17.3 Å². The van der Waals surface area contributed by atoms with Crippen LogP contribution in [0.2, 0.25) is 0 Å². The van der Waals surface area contributed by atoms with Crippen molar-refractivity contribution in [2.45, 2.75) is 66.0 Å². The van der Waals surface area contributed by atoms with E-state index in [1.807, 2.05) is 6.92 Å². The van der Waals surface area contributed by atoms with Crippen molar-refractivity contribution in [3.63, 3.8) is 0 Å². The molecule has 1 aliphatic heterocycles. The van der Waals surface area contributed by atoms with Gasteiger partial charge in [0.25, 0.3) is 5.91 Å². The van der Waals surface area contributed by atoms with Crippen LogP contribution in [0.4, 0.5) is 14.5 Å². The summed E-state index contributed by atoms with van der Waals surface area (Å²) < 4.78 is 33.8. The summed E-state index contributed by atoms with van der Waals surface area (Å²) in [5, 5.41) is 3.90. The van der Waals surface area contributed by atoms with Crippen LogP contribution in [0.5, 0.6) is 0 Å². The second kappa shape index (κ2) is 11.6. The van der Waals surface area contributed by atoms with Crippen molar-refractivity contribution in [1.82, 2.24) is 15.0 Å². The van der Waals surface area contributed by atoms with Gasteiger partial charge >= 0.3 is 0 Å². The van der Waals surface area contributed by atoms with Crippen LogP contribution in [0.1, 0.15) is 68.8 Å². The molecule has 1 aromatic heterocycles. The summed E-state index contributed by atoms with van der Waals surface area (Å²) >= 11 is 0. The van der Waals surface area contributed by atoms with Crippen molar-refractivity contribution in [3.05, 3.63) is 46.9 Å². The zero-order valence-electron chi connectivity index (χ0n) is 20.4. The molecule has 0 saturated carbocycles. The van der Waals surface area contributed by atoms with Gasteiger partial charge in [0.05, 0.1) is 5.69 Å². The standard InChI is InChI=1S/C25H34F2N4O3/c1-5-19-14-22(28-34-19)25(33)30-11-7-9-29(17(3)4)10-8-12-31(24(32)6-2)23-15-21(27)20(26)13-18(23)16-30/h13-15,17H,5-12,16H2,1-4H3. The molecular weight excluding hydrogens is 442 g/mol. The number of nitrogens with zero attached hydrogens (tertiary/aromatic N) is 4. The van der Waals surface area contributed by atoms with E-state index in [2.05, 4.69) is 23.9 Å². The molecule has 9 heteroatoms. The van der Waals surface area contributed by atoms with Gasteiger partial charge in [-0.25, -0.2) is 8.78 Å². The van der Waals surface area contributed by atoms with Crippen molar-refractivity contribution >= 4 is 17.5 Å². The highest BCUT2D eigenvalue weighted by Crippen LogP contribution is 2.28. The molecule has 7 nitrogen and oxygen atoms in total. The molecule has 3 rings (SSSR count). The number of amides is 2. The number of halogens is 2. The molecule has 0 aliphatic carbocycles. The van der Waals surface area contributed by atoms with E-state index in [-0.39, 0.29) is 30.5 Å². The van der Waals surface area contributed by atoms with Gasteiger partial charge in [-0.15, -0.1) is 0 Å². The second-order valence-corrected chi connectivity index (χ2v) is 8.89. The van der Waals surface area contributed by atoms with Gasteiger partial charge in [0, 0.05) is 63.7 Å². The number of aromatic nitrogens is 1. The fourth-order valence-corrected chi connectivity index (χ4v) is 4.25. The number of fused-ring (bicyclic) bond motifs is 1. The summed E-state index contributed by atoms with van der Waals surface area (Å²) in [5.41, 5.74) is 0.861. The van der Waals surface area contributed by atoms with Crippen molar-refractivity contribution in [2.24, 2.45) is 0 Å². The molecule has 2 amide bonds. The first-order valence-corrected chi connectivity index (χ1v) is 12.0. The first-order valence-electron chi connectivity index (χ1n) is 12.0. The predicted molar refractivity (Wildman–Crippen MR) is 126 cm³/mol. The van der Waals surface area contributed by atoms with Gasteiger partial charge in [-0.2, -0.15) is 0 Å². The normalized spacial score (nSPS) is 16.2. The topological polar surface area (TPSA) is 69.9 Å². The summed E-state index contributed by atoms with van der Waals surface area (Å²) in [6.45, 7) is 10.2. The highest BCUT2D eigenvalue weighted by Gasteiger charge is 2.26. The molecule has 34 heavy (non-hydrogen) atoms. The van der Waals surface area contributed by atoms with Crippen LogP contribution >= 0.6 is 0 Å². The zero-order chi connectivity index (χ0) is 24.8. The third-order valence-electron chi connectivity index (χ3n) is 6.22. The quantitative estimate of drug-likeness (QED) is 0.654. The Bertz CT molecular complexity index is 1010. The number of rotatable bonds is 4. The maximum Gasteiger partial charge on any atom is 0.276 e. The SMILES string of the molecule is CCC(=O)N1CCCN(C(C)C)CCCN(C(=O)c2cc(CC)on2)Cc2cc(F)c(F)cc21. The van der Waals surface area contributed by atoms with Gasteiger partial charge < -0.3 is 19.2 Å². The molecule has 2 heterocycles. The summed E-state index contributed by atoms with van der Waals surface area (Å²) in [6, 6.07) is 4.06. The van der Waals surface area contributed by atoms with E-state index in [0.717, 1.165) is 25.2 Å². The number of carbonyl (C=O) groups excluding carboxylic acids is 2. The molecule has 2 aromatic rings. The molecule has 0 unspecified atom stereocenters. The van der Waals surface area contributed by atoms with Gasteiger partial charge in [-0.05, 0) is 38.3 Å². The summed E-state index contributed by atoms with van der Waals surface area (Å²) in [7, 11) is 0. The molecule has 0 radical (unpaired) electrons. The predicted octanol–water partition coefficient (Wildman–Crippen LogP) is 4.40. The van der Waals surface area contributed by atoms with E-state index >= 15 is 0 Å². The highest BCUT2D eigenvalue weighted by atomic mass is 19.2. The minimum absolute atomic E-state index is 0.0227. The lowest BCUT2D eigenvalue weighted by molar-refractivity contribution is -0.118. The Hall–Kier alpha value is -2.81. The number of hydrogen-bond donors (Lipinski definition) is 0. The van der Waals surface area contributed by atoms with E-state index in [1.165, 1.54) is 4.90 Å². The highest BCUT2D eigenvalue weighted by molar-refractivity contribution is 5.94. The summed E-state index contributed by atoms with van der Waals surface area (Å²) in [6.07, 6.45) is 2.24. The number of benzene rings is 1. The van der Waals surface area contributed by atoms with Crippen LogP contribution in [-0.4, -0.2) is 59.0 Å². The first kappa shape index (κ1) is 25.8. The minimum Gasteiger partial charge on any atom is -0.361 e. The number of anilines is 1. The molecule has 0 saturated heterocycles. The fraction of sp³-hybridized carbons (Fsp3) is 0.560. The molecule has 0 spiro atoms. The Kier molecular flexibility index (Phi) is 8.77. The Labute approximate surface area is 199 Å². The average molecular weight is 477 g/mol. The lowest BCUT2D eigenvalue weighted by atomic mass is 10.1. The Morgan fingerprint density at radius 2 is 1.71 bits per heavy atom. The third kappa shape index (κ3) is 6.00. The summed E-state index contributed by atoms with van der Waals surface area (Å²) in [5.74, 6) is -1.96.